The quantitative estimate of drug-likeness (QED) is 0.0211. The fourth-order valence-electron chi connectivity index (χ4n) is 9.15. The van der Waals surface area contributed by atoms with Gasteiger partial charge in [0.2, 0.25) is 0 Å². The Labute approximate surface area is 506 Å². The van der Waals surface area contributed by atoms with Gasteiger partial charge in [0.25, 0.3) is 0 Å². The van der Waals surface area contributed by atoms with E-state index in [4.69, 9.17) is 18.5 Å². The molecule has 0 rings (SSSR count). The first-order valence-electron chi connectivity index (χ1n) is 33.6. The van der Waals surface area contributed by atoms with E-state index in [9.17, 15) is 19.0 Å². The third-order valence-electron chi connectivity index (χ3n) is 14.3. The molecule has 0 bridgehead atoms. The van der Waals surface area contributed by atoms with Crippen LogP contribution in [0.25, 0.3) is 0 Å². The number of likely N-dealkylation sites (N-methyl/N-ethyl adjacent to an activating group) is 1. The Morgan fingerprint density at radius 2 is 0.695 bits per heavy atom. The fourth-order valence-corrected chi connectivity index (χ4v) is 9.89. The number of phosphoric acid groups is 1. The van der Waals surface area contributed by atoms with Crippen molar-refractivity contribution in [1.29, 1.82) is 0 Å². The number of hydrogen-bond acceptors (Lipinski definition) is 7. The largest absolute Gasteiger partial charge is 0.472 e. The van der Waals surface area contributed by atoms with Gasteiger partial charge in [0.05, 0.1) is 27.7 Å². The van der Waals surface area contributed by atoms with E-state index >= 15 is 0 Å². The summed E-state index contributed by atoms with van der Waals surface area (Å²) in [6.45, 7) is 4.33. The van der Waals surface area contributed by atoms with Crippen molar-refractivity contribution in [3.05, 3.63) is 109 Å². The Morgan fingerprint density at radius 3 is 1.05 bits per heavy atom. The molecule has 1 N–H and O–H groups in total. The summed E-state index contributed by atoms with van der Waals surface area (Å²) in [5.74, 6) is -0.798. The van der Waals surface area contributed by atoms with Gasteiger partial charge in [0, 0.05) is 12.8 Å². The van der Waals surface area contributed by atoms with Gasteiger partial charge in [0.1, 0.15) is 19.8 Å². The Kier molecular flexibility index (Phi) is 59.7. The lowest BCUT2D eigenvalue weighted by atomic mass is 10.0. The van der Waals surface area contributed by atoms with Crippen LogP contribution in [0.1, 0.15) is 284 Å². The number of phosphoric ester groups is 1. The van der Waals surface area contributed by atoms with Crippen molar-refractivity contribution in [3.8, 4) is 0 Å². The summed E-state index contributed by atoms with van der Waals surface area (Å²) in [5, 5.41) is 0. The molecule has 0 aliphatic carbocycles. The zero-order chi connectivity index (χ0) is 59.8. The molecular formula is C72H127NO8P+. The van der Waals surface area contributed by atoms with E-state index in [1.165, 1.54) is 154 Å². The second-order valence-corrected chi connectivity index (χ2v) is 24.9. The lowest BCUT2D eigenvalue weighted by Gasteiger charge is -2.24. The summed E-state index contributed by atoms with van der Waals surface area (Å²) >= 11 is 0. The van der Waals surface area contributed by atoms with E-state index in [2.05, 4.69) is 123 Å². The molecular weight excluding hydrogens is 1040 g/mol. The first kappa shape index (κ1) is 78.7. The summed E-state index contributed by atoms with van der Waals surface area (Å²) in [5.41, 5.74) is 0. The minimum atomic E-state index is -4.39. The molecule has 472 valence electrons. The zero-order valence-electron chi connectivity index (χ0n) is 53.7. The van der Waals surface area contributed by atoms with Crippen molar-refractivity contribution in [1.82, 2.24) is 0 Å². The minimum absolute atomic E-state index is 0.0288. The van der Waals surface area contributed by atoms with Crippen LogP contribution in [-0.2, 0) is 32.7 Å². The SMILES string of the molecule is CC/C=C\C/C=C\C/C=C\C/C=C\C/C=C\C/C=C\C/C=C\C/C=C\CCCCCCCCCCCCCCCCCCC(=O)OC(COC(=O)CCCCCCCCC/C=C\CCCCCCCC)COP(=O)(O)OCC[N+](C)(C)C. The van der Waals surface area contributed by atoms with Crippen molar-refractivity contribution in [2.24, 2.45) is 0 Å². The van der Waals surface area contributed by atoms with Crippen LogP contribution in [-0.4, -0.2) is 74.9 Å². The van der Waals surface area contributed by atoms with Crippen LogP contribution in [0, 0.1) is 0 Å². The van der Waals surface area contributed by atoms with Gasteiger partial charge >= 0.3 is 19.8 Å². The van der Waals surface area contributed by atoms with Crippen molar-refractivity contribution < 1.29 is 42.1 Å². The molecule has 10 heteroatoms. The van der Waals surface area contributed by atoms with Gasteiger partial charge in [-0.3, -0.25) is 18.6 Å². The maximum Gasteiger partial charge on any atom is 0.472 e. The van der Waals surface area contributed by atoms with Crippen LogP contribution in [0.15, 0.2) is 109 Å². The van der Waals surface area contributed by atoms with Gasteiger partial charge in [-0.15, -0.1) is 0 Å². The lowest BCUT2D eigenvalue weighted by Crippen LogP contribution is -2.37. The number of carbonyl (C=O) groups is 2. The van der Waals surface area contributed by atoms with Gasteiger partial charge in [0.15, 0.2) is 6.10 Å². The van der Waals surface area contributed by atoms with Crippen molar-refractivity contribution >= 4 is 19.8 Å². The van der Waals surface area contributed by atoms with E-state index in [1.54, 1.807) is 0 Å². The van der Waals surface area contributed by atoms with Gasteiger partial charge in [-0.1, -0.05) is 277 Å². The summed E-state index contributed by atoms with van der Waals surface area (Å²) < 4.78 is 34.6. The molecule has 0 heterocycles. The zero-order valence-corrected chi connectivity index (χ0v) is 54.6. The predicted octanol–water partition coefficient (Wildman–Crippen LogP) is 21.7. The molecule has 0 aromatic rings. The number of ether oxygens (including phenoxy) is 2. The van der Waals surface area contributed by atoms with Gasteiger partial charge in [-0.2, -0.15) is 0 Å². The monoisotopic (exact) mass is 1160 g/mol. The summed E-state index contributed by atoms with van der Waals surface area (Å²) in [6.07, 6.45) is 87.6. The molecule has 0 radical (unpaired) electrons. The highest BCUT2D eigenvalue weighted by atomic mass is 31.2. The molecule has 0 saturated carbocycles. The summed E-state index contributed by atoms with van der Waals surface area (Å²) in [4.78, 5) is 35.8. The Bertz CT molecular complexity index is 1750. The fraction of sp³-hybridized carbons (Fsp3) is 0.722. The molecule has 0 spiro atoms. The number of nitrogens with zero attached hydrogens (tertiary/aromatic N) is 1. The minimum Gasteiger partial charge on any atom is -0.462 e. The van der Waals surface area contributed by atoms with E-state index in [-0.39, 0.29) is 32.0 Å². The molecule has 82 heavy (non-hydrogen) atoms. The van der Waals surface area contributed by atoms with E-state index < -0.39 is 26.5 Å². The average molecular weight is 1170 g/mol. The number of rotatable bonds is 61. The van der Waals surface area contributed by atoms with Crippen LogP contribution in [0.4, 0.5) is 0 Å². The Balaban J connectivity index is 4.00. The maximum absolute atomic E-state index is 12.9. The predicted molar refractivity (Wildman–Crippen MR) is 353 cm³/mol. The number of unbranched alkanes of at least 4 members (excludes halogenated alkanes) is 29. The molecule has 0 saturated heterocycles. The number of allylic oxidation sites excluding steroid dienone is 18. The third-order valence-corrected chi connectivity index (χ3v) is 15.3. The number of carbonyl (C=O) groups excluding carboxylic acids is 2. The summed E-state index contributed by atoms with van der Waals surface area (Å²) in [7, 11) is 1.47. The second-order valence-electron chi connectivity index (χ2n) is 23.5. The number of esters is 2. The van der Waals surface area contributed by atoms with Crippen LogP contribution < -0.4 is 0 Å². The van der Waals surface area contributed by atoms with Gasteiger partial charge < -0.3 is 18.9 Å². The Hall–Kier alpha value is -3.33. The van der Waals surface area contributed by atoms with Crippen LogP contribution in [0.2, 0.25) is 0 Å². The molecule has 2 atom stereocenters. The smallest absolute Gasteiger partial charge is 0.462 e. The maximum atomic E-state index is 12.9. The van der Waals surface area contributed by atoms with Gasteiger partial charge in [-0.05, 0) is 103 Å². The van der Waals surface area contributed by atoms with Crippen LogP contribution in [0.5, 0.6) is 0 Å². The highest BCUT2D eigenvalue weighted by Gasteiger charge is 2.27. The second kappa shape index (κ2) is 62.2. The number of quaternary nitrogens is 1. The molecule has 0 amide bonds. The highest BCUT2D eigenvalue weighted by Crippen LogP contribution is 2.43. The van der Waals surface area contributed by atoms with Crippen molar-refractivity contribution in [3.63, 3.8) is 0 Å². The highest BCUT2D eigenvalue weighted by molar-refractivity contribution is 7.47. The molecule has 0 fully saturated rings. The molecule has 2 unspecified atom stereocenters. The Morgan fingerprint density at radius 1 is 0.390 bits per heavy atom. The first-order chi connectivity index (χ1) is 40.0. The molecule has 0 aliphatic rings. The van der Waals surface area contributed by atoms with Crippen molar-refractivity contribution in [2.45, 2.75) is 290 Å². The van der Waals surface area contributed by atoms with Crippen molar-refractivity contribution in [2.75, 3.05) is 47.5 Å². The molecule has 9 nitrogen and oxygen atoms in total. The normalized spacial score (nSPS) is 13.9. The summed E-state index contributed by atoms with van der Waals surface area (Å²) in [6, 6.07) is 0. The lowest BCUT2D eigenvalue weighted by molar-refractivity contribution is -0.870. The molecule has 0 aromatic carbocycles. The van der Waals surface area contributed by atoms with E-state index in [1.807, 2.05) is 21.1 Å². The number of hydrogen-bond donors (Lipinski definition) is 1. The van der Waals surface area contributed by atoms with Crippen LogP contribution in [0.3, 0.4) is 0 Å². The standard InChI is InChI=1S/C72H126NO8P/c1-6-8-10-12-14-16-18-20-22-24-25-26-27-28-29-30-31-32-33-34-35-36-37-38-39-40-41-42-43-44-45-46-47-49-51-53-55-57-59-61-63-65-72(75)81-70(69-80-82(76,77)79-67-66-73(3,4)5)68-78-71(74)64-62-60-58-56-54-52-50-48-23-21-19-17-15-13-11-9-7-2/h8,10,14,16,20-23,25-26,28-29,31-32,34-35,37-38,70H,6-7,9,11-13,15,17-19,24,27,30,33,36,39-69H2,1-5H3/p+1/b10-8-,16-14-,22-20-,23-21-,26-25-,29-28-,32-31-,35-34-,38-37-. The topological polar surface area (TPSA) is 108 Å². The molecule has 0 aliphatic heterocycles. The van der Waals surface area contributed by atoms with E-state index in [0.29, 0.717) is 17.4 Å². The van der Waals surface area contributed by atoms with E-state index in [0.717, 1.165) is 96.3 Å². The van der Waals surface area contributed by atoms with Gasteiger partial charge in [-0.25, -0.2) is 4.57 Å². The average Bonchev–Trinajstić information content (AvgIpc) is 3.45. The third kappa shape index (κ3) is 65.8. The first-order valence-corrected chi connectivity index (χ1v) is 35.1. The van der Waals surface area contributed by atoms with Crippen LogP contribution >= 0.6 is 7.82 Å². The molecule has 0 aromatic heterocycles.